The van der Waals surface area contributed by atoms with Gasteiger partial charge in [0.25, 0.3) is 0 Å². The maximum atomic E-state index is 6.57. The fourth-order valence-electron chi connectivity index (χ4n) is 12.6. The molecule has 0 aliphatic carbocycles. The second-order valence-corrected chi connectivity index (χ2v) is 20.7. The monoisotopic (exact) mass is 1020 g/mol. The average molecular weight is 1030 g/mol. The van der Waals surface area contributed by atoms with Crippen molar-refractivity contribution in [2.24, 2.45) is 0 Å². The molecule has 0 N–H and O–H groups in total. The fraction of sp³-hybridized carbons (Fsp3) is 0. The molecule has 0 radical (unpaired) electrons. The molecule has 4 heterocycles. The molecule has 0 saturated heterocycles. The van der Waals surface area contributed by atoms with E-state index < -0.39 is 0 Å². The average Bonchev–Trinajstić information content (AvgIpc) is 4.38. The topological polar surface area (TPSA) is 59.0 Å². The number of rotatable bonds is 8. The maximum absolute atomic E-state index is 6.57. The molecule has 4 aromatic heterocycles. The van der Waals surface area contributed by atoms with Crippen LogP contribution in [0.15, 0.2) is 285 Å². The standard InChI is InChI=1S/C74H44N2O4/c1-3-15-45(16-4-1)73-61-37-31-48(76(51-29-35-59-55-21-9-13-25-67(55)79-71(59)43-51)52-30-36-60-56-22-10-14-26-68(56)80-72(60)44-52)40-64(61)74(46-17-5-2-6-18-46)62-38-32-47(39-63(62)73)75(49-27-33-57-53-19-7-11-23-65(53)77-69(57)41-49)50-28-34-58-54-20-8-12-24-66(54)78-70(58)42-50/h1-44H. The summed E-state index contributed by atoms with van der Waals surface area (Å²) in [6.45, 7) is 0. The first-order valence-corrected chi connectivity index (χ1v) is 27.0. The summed E-state index contributed by atoms with van der Waals surface area (Å²) in [4.78, 5) is 4.66. The van der Waals surface area contributed by atoms with Crippen molar-refractivity contribution in [3.05, 3.63) is 267 Å². The second kappa shape index (κ2) is 17.3. The van der Waals surface area contributed by atoms with Crippen molar-refractivity contribution in [3.63, 3.8) is 0 Å². The van der Waals surface area contributed by atoms with Gasteiger partial charge in [-0.05, 0) is 141 Å². The lowest BCUT2D eigenvalue weighted by Gasteiger charge is -2.28. The summed E-state index contributed by atoms with van der Waals surface area (Å²) in [6.07, 6.45) is 0. The highest BCUT2D eigenvalue weighted by Gasteiger charge is 2.25. The summed E-state index contributed by atoms with van der Waals surface area (Å²) in [5.41, 5.74) is 17.1. The second-order valence-electron chi connectivity index (χ2n) is 20.7. The van der Waals surface area contributed by atoms with Crippen molar-refractivity contribution >= 4 is 143 Å². The van der Waals surface area contributed by atoms with E-state index in [-0.39, 0.29) is 0 Å². The summed E-state index contributed by atoms with van der Waals surface area (Å²) in [7, 11) is 0. The molecule has 13 aromatic carbocycles. The number of para-hydroxylation sites is 4. The van der Waals surface area contributed by atoms with Gasteiger partial charge in [-0.2, -0.15) is 0 Å². The molecule has 0 bridgehead atoms. The van der Waals surface area contributed by atoms with E-state index in [0.29, 0.717) is 0 Å². The lowest BCUT2D eigenvalue weighted by atomic mass is 9.85. The number of anilines is 6. The molecule has 0 amide bonds. The predicted molar refractivity (Wildman–Crippen MR) is 331 cm³/mol. The minimum Gasteiger partial charge on any atom is -0.456 e. The Morgan fingerprint density at radius 2 is 0.412 bits per heavy atom. The first-order chi connectivity index (χ1) is 39.6. The highest BCUT2D eigenvalue weighted by atomic mass is 16.3. The molecule has 80 heavy (non-hydrogen) atoms. The Morgan fingerprint density at radius 1 is 0.175 bits per heavy atom. The van der Waals surface area contributed by atoms with Gasteiger partial charge < -0.3 is 27.5 Å². The third-order valence-corrected chi connectivity index (χ3v) is 16.2. The Balaban J connectivity index is 0.921. The highest BCUT2D eigenvalue weighted by Crippen LogP contribution is 2.50. The summed E-state index contributed by atoms with van der Waals surface area (Å²) in [5, 5.41) is 13.2. The molecular weight excluding hydrogens is 981 g/mol. The van der Waals surface area contributed by atoms with E-state index in [0.717, 1.165) is 166 Å². The molecule has 0 saturated carbocycles. The van der Waals surface area contributed by atoms with Crippen LogP contribution in [-0.4, -0.2) is 0 Å². The Bertz CT molecular complexity index is 4770. The normalized spacial score (nSPS) is 12.0. The van der Waals surface area contributed by atoms with Crippen LogP contribution in [0.5, 0.6) is 0 Å². The quantitative estimate of drug-likeness (QED) is 0.141. The minimum absolute atomic E-state index is 0.821. The van der Waals surface area contributed by atoms with Crippen LogP contribution in [0.4, 0.5) is 34.1 Å². The van der Waals surface area contributed by atoms with Gasteiger partial charge in [-0.3, -0.25) is 0 Å². The minimum atomic E-state index is 0.821. The number of hydrogen-bond donors (Lipinski definition) is 0. The zero-order chi connectivity index (χ0) is 52.4. The van der Waals surface area contributed by atoms with E-state index in [2.05, 4.69) is 228 Å². The molecule has 6 nitrogen and oxygen atoms in total. The van der Waals surface area contributed by atoms with E-state index >= 15 is 0 Å². The molecule has 0 atom stereocenters. The van der Waals surface area contributed by atoms with Crippen LogP contribution in [0.25, 0.3) is 132 Å². The van der Waals surface area contributed by atoms with Crippen molar-refractivity contribution in [3.8, 4) is 22.3 Å². The number of nitrogens with zero attached hydrogens (tertiary/aromatic N) is 2. The van der Waals surface area contributed by atoms with Gasteiger partial charge in [-0.15, -0.1) is 0 Å². The van der Waals surface area contributed by atoms with Crippen molar-refractivity contribution in [2.75, 3.05) is 9.80 Å². The van der Waals surface area contributed by atoms with Crippen LogP contribution < -0.4 is 9.80 Å². The predicted octanol–water partition coefficient (Wildman–Crippen LogP) is 21.9. The zero-order valence-electron chi connectivity index (χ0n) is 42.9. The van der Waals surface area contributed by atoms with Gasteiger partial charge in [0.05, 0.1) is 0 Å². The van der Waals surface area contributed by atoms with Gasteiger partial charge >= 0.3 is 0 Å². The molecule has 0 unspecified atom stereocenters. The third-order valence-electron chi connectivity index (χ3n) is 16.2. The van der Waals surface area contributed by atoms with E-state index in [1.165, 1.54) is 0 Å². The SMILES string of the molecule is c1ccc(-c2c3ccc(N(c4ccc5c(c4)oc4ccccc45)c4ccc5c(c4)oc4ccccc45)cc3c(-c3ccccc3)c3ccc(N(c4ccc5c(c4)oc4ccccc45)c4ccc5c(c4)oc4ccccc45)cc23)cc1. The number of furan rings is 4. The van der Waals surface area contributed by atoms with Gasteiger partial charge in [0.15, 0.2) is 0 Å². The molecule has 0 fully saturated rings. The lowest BCUT2D eigenvalue weighted by Crippen LogP contribution is -2.10. The van der Waals surface area contributed by atoms with E-state index in [1.807, 2.05) is 48.5 Å². The molecule has 0 aliphatic heterocycles. The zero-order valence-corrected chi connectivity index (χ0v) is 42.9. The molecule has 0 spiro atoms. The van der Waals surface area contributed by atoms with Crippen LogP contribution in [0, 0.1) is 0 Å². The highest BCUT2D eigenvalue weighted by molar-refractivity contribution is 6.23. The lowest BCUT2D eigenvalue weighted by molar-refractivity contribution is 0.668. The molecular formula is C74H44N2O4. The van der Waals surface area contributed by atoms with Crippen molar-refractivity contribution < 1.29 is 17.7 Å². The molecule has 6 heteroatoms. The first-order valence-electron chi connectivity index (χ1n) is 27.0. The van der Waals surface area contributed by atoms with E-state index in [1.54, 1.807) is 0 Å². The maximum Gasteiger partial charge on any atom is 0.137 e. The summed E-state index contributed by atoms with van der Waals surface area (Å²) in [6, 6.07) is 94.8. The Labute approximate surface area is 457 Å². The van der Waals surface area contributed by atoms with Gasteiger partial charge in [0.1, 0.15) is 44.7 Å². The Morgan fingerprint density at radius 3 is 0.713 bits per heavy atom. The summed E-state index contributed by atoms with van der Waals surface area (Å²) < 4.78 is 26.3. The molecule has 0 aliphatic rings. The van der Waals surface area contributed by atoms with E-state index in [9.17, 15) is 0 Å². The molecule has 17 rings (SSSR count). The van der Waals surface area contributed by atoms with Crippen LogP contribution in [0.3, 0.4) is 0 Å². The van der Waals surface area contributed by atoms with E-state index in [4.69, 9.17) is 17.7 Å². The Kier molecular flexibility index (Phi) is 9.61. The van der Waals surface area contributed by atoms with Gasteiger partial charge in [0, 0.05) is 101 Å². The van der Waals surface area contributed by atoms with Gasteiger partial charge in [0.2, 0.25) is 0 Å². The summed E-state index contributed by atoms with van der Waals surface area (Å²) in [5.74, 6) is 0. The number of fused-ring (bicyclic) bond motifs is 14. The van der Waals surface area contributed by atoms with Crippen LogP contribution in [-0.2, 0) is 0 Å². The van der Waals surface area contributed by atoms with Crippen LogP contribution in [0.1, 0.15) is 0 Å². The van der Waals surface area contributed by atoms with Gasteiger partial charge in [-0.25, -0.2) is 0 Å². The number of hydrogen-bond acceptors (Lipinski definition) is 6. The van der Waals surface area contributed by atoms with Crippen molar-refractivity contribution in [1.29, 1.82) is 0 Å². The molecule has 17 aromatic rings. The smallest absolute Gasteiger partial charge is 0.137 e. The largest absolute Gasteiger partial charge is 0.456 e. The third kappa shape index (κ3) is 6.85. The first kappa shape index (κ1) is 44.3. The van der Waals surface area contributed by atoms with Crippen LogP contribution in [0.2, 0.25) is 0 Å². The number of benzene rings is 13. The van der Waals surface area contributed by atoms with Crippen LogP contribution >= 0.6 is 0 Å². The fourth-order valence-corrected chi connectivity index (χ4v) is 12.6. The van der Waals surface area contributed by atoms with Gasteiger partial charge in [-0.1, -0.05) is 146 Å². The molecule has 374 valence electrons. The van der Waals surface area contributed by atoms with Crippen molar-refractivity contribution in [1.82, 2.24) is 0 Å². The summed E-state index contributed by atoms with van der Waals surface area (Å²) >= 11 is 0. The Hall–Kier alpha value is -10.8. The van der Waals surface area contributed by atoms with Crippen molar-refractivity contribution in [2.45, 2.75) is 0 Å².